The van der Waals surface area contributed by atoms with Gasteiger partial charge in [-0.2, -0.15) is 5.26 Å². The minimum absolute atomic E-state index is 0.696. The molecule has 18 heavy (non-hydrogen) atoms. The summed E-state index contributed by atoms with van der Waals surface area (Å²) in [6.07, 6.45) is 0. The predicted octanol–water partition coefficient (Wildman–Crippen LogP) is 3.12. The standard InChI is InChI=1S/C15H13N3/c16-11-12-5-7-13(8-6-12)18-10-9-17-14-3-1-2-4-15(14)18/h1-8,17H,9-10H2. The Kier molecular flexibility index (Phi) is 2.62. The molecule has 0 amide bonds. The molecule has 0 aromatic heterocycles. The van der Waals surface area contributed by atoms with Crippen molar-refractivity contribution < 1.29 is 0 Å². The Morgan fingerprint density at radius 3 is 2.61 bits per heavy atom. The highest BCUT2D eigenvalue weighted by Gasteiger charge is 2.16. The molecule has 3 rings (SSSR count). The van der Waals surface area contributed by atoms with E-state index < -0.39 is 0 Å². The second-order valence-electron chi connectivity index (χ2n) is 4.25. The molecule has 3 heteroatoms. The van der Waals surface area contributed by atoms with Crippen LogP contribution in [0.5, 0.6) is 0 Å². The Morgan fingerprint density at radius 2 is 1.83 bits per heavy atom. The van der Waals surface area contributed by atoms with Gasteiger partial charge in [-0.05, 0) is 36.4 Å². The van der Waals surface area contributed by atoms with Crippen LogP contribution in [0.25, 0.3) is 0 Å². The van der Waals surface area contributed by atoms with Gasteiger partial charge in [0.1, 0.15) is 0 Å². The van der Waals surface area contributed by atoms with Gasteiger partial charge in [-0.1, -0.05) is 12.1 Å². The highest BCUT2D eigenvalue weighted by Crippen LogP contribution is 2.34. The molecule has 2 aromatic carbocycles. The molecule has 88 valence electrons. The molecule has 0 saturated carbocycles. The van der Waals surface area contributed by atoms with Crippen LogP contribution in [0.4, 0.5) is 17.1 Å². The number of anilines is 3. The van der Waals surface area contributed by atoms with E-state index in [1.165, 1.54) is 5.69 Å². The van der Waals surface area contributed by atoms with Gasteiger partial charge in [-0.25, -0.2) is 0 Å². The largest absolute Gasteiger partial charge is 0.382 e. The Morgan fingerprint density at radius 1 is 1.06 bits per heavy atom. The minimum Gasteiger partial charge on any atom is -0.382 e. The summed E-state index contributed by atoms with van der Waals surface area (Å²) in [5, 5.41) is 12.2. The van der Waals surface area contributed by atoms with E-state index in [0.29, 0.717) is 5.56 Å². The van der Waals surface area contributed by atoms with E-state index >= 15 is 0 Å². The van der Waals surface area contributed by atoms with Crippen LogP contribution in [0.2, 0.25) is 0 Å². The first-order valence-corrected chi connectivity index (χ1v) is 5.99. The molecule has 0 atom stereocenters. The topological polar surface area (TPSA) is 39.1 Å². The Labute approximate surface area is 106 Å². The summed E-state index contributed by atoms with van der Waals surface area (Å²) in [6, 6.07) is 18.1. The van der Waals surface area contributed by atoms with E-state index in [1.807, 2.05) is 36.4 Å². The molecular weight excluding hydrogens is 222 g/mol. The molecule has 2 aromatic rings. The summed E-state index contributed by atoms with van der Waals surface area (Å²) in [6.45, 7) is 1.86. The zero-order valence-electron chi connectivity index (χ0n) is 9.93. The lowest BCUT2D eigenvalue weighted by Gasteiger charge is -2.32. The van der Waals surface area contributed by atoms with Crippen LogP contribution < -0.4 is 10.2 Å². The van der Waals surface area contributed by atoms with Crippen molar-refractivity contribution in [2.45, 2.75) is 0 Å². The Balaban J connectivity index is 2.00. The molecule has 3 nitrogen and oxygen atoms in total. The molecule has 1 aliphatic heterocycles. The number of hydrogen-bond donors (Lipinski definition) is 1. The second kappa shape index (κ2) is 4.42. The molecule has 0 unspecified atom stereocenters. The van der Waals surface area contributed by atoms with Gasteiger partial charge in [-0.15, -0.1) is 0 Å². The first-order valence-electron chi connectivity index (χ1n) is 5.99. The summed E-state index contributed by atoms with van der Waals surface area (Å²) < 4.78 is 0. The Hall–Kier alpha value is -2.47. The zero-order valence-corrected chi connectivity index (χ0v) is 9.93. The number of fused-ring (bicyclic) bond motifs is 1. The fourth-order valence-electron chi connectivity index (χ4n) is 2.27. The first-order chi connectivity index (χ1) is 8.88. The first kappa shape index (κ1) is 10.7. The fraction of sp³-hybridized carbons (Fsp3) is 0.133. The molecule has 0 spiro atoms. The van der Waals surface area contributed by atoms with Crippen molar-refractivity contribution in [1.29, 1.82) is 5.26 Å². The summed E-state index contributed by atoms with van der Waals surface area (Å²) >= 11 is 0. The zero-order chi connectivity index (χ0) is 12.4. The monoisotopic (exact) mass is 235 g/mol. The van der Waals surface area contributed by atoms with E-state index in [-0.39, 0.29) is 0 Å². The molecular formula is C15H13N3. The van der Waals surface area contributed by atoms with Crippen molar-refractivity contribution in [3.8, 4) is 6.07 Å². The number of hydrogen-bond acceptors (Lipinski definition) is 3. The van der Waals surface area contributed by atoms with Crippen LogP contribution >= 0.6 is 0 Å². The summed E-state index contributed by atoms with van der Waals surface area (Å²) in [4.78, 5) is 2.27. The minimum atomic E-state index is 0.696. The van der Waals surface area contributed by atoms with Crippen LogP contribution in [0.15, 0.2) is 48.5 Å². The highest BCUT2D eigenvalue weighted by atomic mass is 15.2. The molecule has 1 heterocycles. The van der Waals surface area contributed by atoms with Gasteiger partial charge in [0.15, 0.2) is 0 Å². The van der Waals surface area contributed by atoms with E-state index in [1.54, 1.807) is 0 Å². The molecule has 0 bridgehead atoms. The van der Waals surface area contributed by atoms with E-state index in [9.17, 15) is 0 Å². The number of rotatable bonds is 1. The third kappa shape index (κ3) is 1.78. The van der Waals surface area contributed by atoms with Gasteiger partial charge in [-0.3, -0.25) is 0 Å². The third-order valence-corrected chi connectivity index (χ3v) is 3.15. The van der Waals surface area contributed by atoms with Crippen LogP contribution in [0.3, 0.4) is 0 Å². The SMILES string of the molecule is N#Cc1ccc(N2CCNc3ccccc32)cc1. The highest BCUT2D eigenvalue weighted by molar-refractivity contribution is 5.78. The van der Waals surface area contributed by atoms with Crippen molar-refractivity contribution in [1.82, 2.24) is 0 Å². The van der Waals surface area contributed by atoms with Crippen molar-refractivity contribution in [3.63, 3.8) is 0 Å². The van der Waals surface area contributed by atoms with Crippen molar-refractivity contribution >= 4 is 17.1 Å². The second-order valence-corrected chi connectivity index (χ2v) is 4.25. The van der Waals surface area contributed by atoms with Gasteiger partial charge in [0.25, 0.3) is 0 Å². The van der Waals surface area contributed by atoms with E-state index in [2.05, 4.69) is 28.4 Å². The Bertz CT molecular complexity index is 596. The van der Waals surface area contributed by atoms with Gasteiger partial charge in [0.05, 0.1) is 23.0 Å². The molecule has 0 saturated heterocycles. The average molecular weight is 235 g/mol. The predicted molar refractivity (Wildman–Crippen MR) is 73.1 cm³/mol. The molecule has 0 fully saturated rings. The van der Waals surface area contributed by atoms with E-state index in [4.69, 9.17) is 5.26 Å². The number of para-hydroxylation sites is 2. The lowest BCUT2D eigenvalue weighted by atomic mass is 10.1. The summed E-state index contributed by atoms with van der Waals surface area (Å²) in [5.41, 5.74) is 4.17. The third-order valence-electron chi connectivity index (χ3n) is 3.15. The maximum Gasteiger partial charge on any atom is 0.0991 e. The summed E-state index contributed by atoms with van der Waals surface area (Å²) in [7, 11) is 0. The van der Waals surface area contributed by atoms with Gasteiger partial charge in [0.2, 0.25) is 0 Å². The van der Waals surface area contributed by atoms with Crippen molar-refractivity contribution in [2.75, 3.05) is 23.3 Å². The quantitative estimate of drug-likeness (QED) is 0.825. The van der Waals surface area contributed by atoms with Crippen LogP contribution in [-0.2, 0) is 0 Å². The van der Waals surface area contributed by atoms with Gasteiger partial charge >= 0.3 is 0 Å². The van der Waals surface area contributed by atoms with Crippen LogP contribution in [0, 0.1) is 11.3 Å². The van der Waals surface area contributed by atoms with Crippen LogP contribution in [0.1, 0.15) is 5.56 Å². The lowest BCUT2D eigenvalue weighted by molar-refractivity contribution is 0.927. The normalized spacial score (nSPS) is 13.4. The fourth-order valence-corrected chi connectivity index (χ4v) is 2.27. The molecule has 0 aliphatic carbocycles. The molecule has 1 aliphatic rings. The maximum atomic E-state index is 8.82. The summed E-state index contributed by atoms with van der Waals surface area (Å²) in [5.74, 6) is 0. The molecule has 1 N–H and O–H groups in total. The van der Waals surface area contributed by atoms with Crippen molar-refractivity contribution in [3.05, 3.63) is 54.1 Å². The number of nitrogens with zero attached hydrogens (tertiary/aromatic N) is 2. The van der Waals surface area contributed by atoms with Gasteiger partial charge < -0.3 is 10.2 Å². The lowest BCUT2D eigenvalue weighted by Crippen LogP contribution is -2.29. The average Bonchev–Trinajstić information content (AvgIpc) is 2.47. The number of nitriles is 1. The van der Waals surface area contributed by atoms with E-state index in [0.717, 1.165) is 24.5 Å². The molecule has 0 radical (unpaired) electrons. The van der Waals surface area contributed by atoms with Crippen LogP contribution in [-0.4, -0.2) is 13.1 Å². The maximum absolute atomic E-state index is 8.82. The van der Waals surface area contributed by atoms with Gasteiger partial charge in [0, 0.05) is 18.8 Å². The number of benzene rings is 2. The van der Waals surface area contributed by atoms with Crippen molar-refractivity contribution in [2.24, 2.45) is 0 Å². The smallest absolute Gasteiger partial charge is 0.0991 e. The number of nitrogens with one attached hydrogen (secondary N) is 1.